The molecule has 32 heteroatoms. The maximum absolute atomic E-state index is 14.7. The molecule has 0 unspecified atom stereocenters. The number of nitrogens with zero attached hydrogens (tertiary/aromatic N) is 6. The summed E-state index contributed by atoms with van der Waals surface area (Å²) in [5.74, 6) is -3.99. The van der Waals surface area contributed by atoms with Crippen LogP contribution in [0.4, 0.5) is 52.1 Å². The number of benzene rings is 9. The van der Waals surface area contributed by atoms with Gasteiger partial charge < -0.3 is 65.5 Å². The highest BCUT2D eigenvalue weighted by Gasteiger charge is 2.44. The summed E-state index contributed by atoms with van der Waals surface area (Å²) in [4.78, 5) is 104. The highest BCUT2D eigenvalue weighted by Crippen LogP contribution is 2.42. The number of rotatable bonds is 20. The van der Waals surface area contributed by atoms with E-state index in [1.807, 2.05) is 139 Å². The van der Waals surface area contributed by atoms with Gasteiger partial charge in [0.05, 0.1) is 47.2 Å². The third-order valence-electron chi connectivity index (χ3n) is 20.1. The fourth-order valence-corrected chi connectivity index (χ4v) is 13.4. The van der Waals surface area contributed by atoms with E-state index in [2.05, 4.69) is 41.0 Å². The maximum atomic E-state index is 14.7. The zero-order valence-corrected chi connectivity index (χ0v) is 72.9. The van der Waals surface area contributed by atoms with Gasteiger partial charge in [-0.25, -0.2) is 40.7 Å². The molecule has 0 fully saturated rings. The van der Waals surface area contributed by atoms with Crippen LogP contribution in [0.5, 0.6) is 23.0 Å². The van der Waals surface area contributed by atoms with Crippen LogP contribution in [0.1, 0.15) is 135 Å². The second-order valence-electron chi connectivity index (χ2n) is 32.3. The van der Waals surface area contributed by atoms with Crippen molar-refractivity contribution in [2.24, 2.45) is 22.0 Å². The molecule has 7 N–H and O–H groups in total. The van der Waals surface area contributed by atoms with Crippen LogP contribution in [-0.2, 0) is 14.4 Å². The van der Waals surface area contributed by atoms with Crippen molar-refractivity contribution < 1.29 is 94.5 Å². The normalized spacial score (nSPS) is 15.3. The van der Waals surface area contributed by atoms with E-state index in [9.17, 15) is 80.4 Å². The number of phenols is 1. The van der Waals surface area contributed by atoms with Crippen molar-refractivity contribution in [2.45, 2.75) is 119 Å². The zero-order valence-electron chi connectivity index (χ0n) is 72.2. The van der Waals surface area contributed by atoms with Gasteiger partial charge in [0.15, 0.2) is 0 Å². The molecule has 127 heavy (non-hydrogen) atoms. The monoisotopic (exact) mass is 1780 g/mol. The number of ether oxygens (including phenoxy) is 3. The van der Waals surface area contributed by atoms with E-state index < -0.39 is 121 Å². The minimum Gasteiger partial charge on any atom is -0.508 e. The quantitative estimate of drug-likeness (QED) is 0.0179. The van der Waals surface area contributed by atoms with Crippen LogP contribution in [0.25, 0.3) is 16.7 Å². The lowest BCUT2D eigenvalue weighted by Gasteiger charge is -2.35. The molecule has 0 radical (unpaired) electrons. The van der Waals surface area contributed by atoms with Gasteiger partial charge in [0.25, 0.3) is 11.4 Å². The van der Waals surface area contributed by atoms with Gasteiger partial charge in [-0.05, 0) is 172 Å². The average Bonchev–Trinajstić information content (AvgIpc) is 1.64. The van der Waals surface area contributed by atoms with Crippen molar-refractivity contribution in [3.63, 3.8) is 0 Å². The topological polar surface area (TPSA) is 340 Å². The van der Waals surface area contributed by atoms with Crippen LogP contribution in [0.15, 0.2) is 237 Å². The van der Waals surface area contributed by atoms with Gasteiger partial charge in [0.2, 0.25) is 17.7 Å². The summed E-state index contributed by atoms with van der Waals surface area (Å²) in [6, 6.07) is 48.9. The molecule has 5 amide bonds. The molecule has 3 aliphatic heterocycles. The van der Waals surface area contributed by atoms with Crippen LogP contribution in [0.3, 0.4) is 0 Å². The highest BCUT2D eigenvalue weighted by molar-refractivity contribution is 6.61. The number of halogens is 7. The number of hydrogen-bond donors (Lipinski definition) is 6. The van der Waals surface area contributed by atoms with Gasteiger partial charge in [-0.2, -0.15) is 0 Å². The predicted molar refractivity (Wildman–Crippen MR) is 472 cm³/mol. The average molecular weight is 1780 g/mol. The lowest BCUT2D eigenvalue weighted by atomic mass is 9.85. The Hall–Kier alpha value is -13.1. The van der Waals surface area contributed by atoms with E-state index in [-0.39, 0.29) is 95.9 Å². The number of hydrogen-bond acceptors (Lipinski definition) is 18. The first-order valence-corrected chi connectivity index (χ1v) is 40.7. The van der Waals surface area contributed by atoms with Gasteiger partial charge in [-0.3, -0.25) is 34.6 Å². The highest BCUT2D eigenvalue weighted by atomic mass is 35.5. The Labute approximate surface area is 738 Å². The number of nitrogens with two attached hydrogens (primary N) is 1. The standard InChI is InChI=1S/C29H27F2N3O5.C29H28F2N2O4.C22H24F2N2O.C7H4ClNO4.C6H15N.C2H6O2/c1-29(2,3)26(32-28(36)39-22-12-10-21(11-13-22)34(37)38)27(35)33-17-19(23-16-20(30)9-14-24(23)31)15-25(33)18-7-5-4-6-8-18;1-29(2,3)26(32-28(36)37-22-12-10-21(34)11-13-22)27(35)33-17-19(23-16-20(30)9-14-24(23)31)15-25(33)18-7-5-4-6-8-18;1-22(2,3)20(25)21(27)26-13-15(17-12-16(23)9-10-18(17)24)11-19(26)14-7-5-4-6-8-14;8-7(10)13-6-3-1-5(2-4-6)9(11)12;1-4-7(5-2)6-3;3-1-2-4/h4-16,25-26H,17H2,1-3H3,(H,32,36);4-16,25-26,34H,17H2,1-3H3,(H,32,36);4-12,19-20H,13,25H2,1-3H3;1-4H;4-6H2,1-3H3;3-4H,1-2H2/t2*25-,26+;19-,20+;;;/m000.../s1. The Morgan fingerprint density at radius 2 is 0.732 bits per heavy atom. The second-order valence-corrected chi connectivity index (χ2v) is 32.6. The summed E-state index contributed by atoms with van der Waals surface area (Å²) < 4.78 is 100. The van der Waals surface area contributed by atoms with Gasteiger partial charge in [0, 0.05) is 72.2 Å². The number of aliphatic hydroxyl groups is 2. The van der Waals surface area contributed by atoms with Crippen molar-refractivity contribution in [1.82, 2.24) is 30.2 Å². The smallest absolute Gasteiger partial charge is 0.413 e. The summed E-state index contributed by atoms with van der Waals surface area (Å²) >= 11 is 4.92. The van der Waals surface area contributed by atoms with Crippen molar-refractivity contribution in [3.05, 3.63) is 325 Å². The van der Waals surface area contributed by atoms with Gasteiger partial charge in [0.1, 0.15) is 70.0 Å². The maximum Gasteiger partial charge on any atom is 0.413 e. The number of carbonyl (C=O) groups excluding carboxylic acids is 6. The van der Waals surface area contributed by atoms with E-state index >= 15 is 0 Å². The fraction of sp³-hybridized carbons (Fsp3) is 0.305. The lowest BCUT2D eigenvalue weighted by Crippen LogP contribution is -2.55. The number of non-ortho nitro benzene ring substituents is 2. The number of aromatic hydroxyl groups is 1. The van der Waals surface area contributed by atoms with E-state index in [1.165, 1.54) is 103 Å². The summed E-state index contributed by atoms with van der Waals surface area (Å²) in [7, 11) is 0. The van der Waals surface area contributed by atoms with Crippen molar-refractivity contribution in [2.75, 3.05) is 52.5 Å². The van der Waals surface area contributed by atoms with E-state index in [1.54, 1.807) is 42.7 Å². The number of amides is 5. The molecule has 12 rings (SSSR count). The molecular weight excluding hydrogens is 1670 g/mol. The molecule has 3 aliphatic rings. The molecule has 9 aromatic carbocycles. The largest absolute Gasteiger partial charge is 0.508 e. The molecule has 3 heterocycles. The lowest BCUT2D eigenvalue weighted by molar-refractivity contribution is -0.385. The third kappa shape index (κ3) is 29.5. The van der Waals surface area contributed by atoms with Crippen LogP contribution in [-0.4, -0.2) is 151 Å². The summed E-state index contributed by atoms with van der Waals surface area (Å²) in [6.07, 6.45) is 3.54. The second kappa shape index (κ2) is 46.8. The van der Waals surface area contributed by atoms with Gasteiger partial charge in [-0.1, -0.05) is 192 Å². The number of aliphatic hydroxyl groups excluding tert-OH is 2. The van der Waals surface area contributed by atoms with E-state index in [0.29, 0.717) is 16.7 Å². The third-order valence-corrected chi connectivity index (χ3v) is 20.2. The van der Waals surface area contributed by atoms with Gasteiger partial charge >= 0.3 is 17.6 Å². The summed E-state index contributed by atoms with van der Waals surface area (Å²) in [6.45, 7) is 26.5. The SMILES string of the molecule is CC(C)(C)[C@H](N)C(=O)N1CC(c2cc(F)ccc2F)=C[C@H]1c1ccccc1.CC(C)(C)[C@H](NC(=O)Oc1ccc(O)cc1)C(=O)N1CC(c2cc(F)ccc2F)=C[C@H]1c1ccccc1.CC(C)(C)[C@H](NC(=O)Oc1ccc([N+](=O)[O-])cc1)C(=O)N1CC(c2cc(F)ccc2F)=C[C@H]1c1ccccc1.CCN(CC)CC.O=C(Cl)Oc1ccc([N+](=O)[O-])cc1.OCCO. The molecule has 0 aliphatic carbocycles. The zero-order chi connectivity index (χ0) is 93.8. The van der Waals surface area contributed by atoms with Crippen molar-refractivity contribution in [3.8, 4) is 23.0 Å². The first kappa shape index (κ1) is 101. The Morgan fingerprint density at radius 1 is 0.449 bits per heavy atom. The molecular formula is C95H104ClF6N9O16. The van der Waals surface area contributed by atoms with Crippen molar-refractivity contribution >= 4 is 75.0 Å². The minimum absolute atomic E-state index is 0.00950. The summed E-state index contributed by atoms with van der Waals surface area (Å²) in [5, 5.41) is 51.1. The van der Waals surface area contributed by atoms with Crippen LogP contribution in [0.2, 0.25) is 0 Å². The van der Waals surface area contributed by atoms with E-state index in [0.717, 1.165) is 65.2 Å². The molecule has 6 atom stereocenters. The minimum atomic E-state index is -1.06. The Morgan fingerprint density at radius 3 is 0.984 bits per heavy atom. The molecule has 674 valence electrons. The summed E-state index contributed by atoms with van der Waals surface area (Å²) in [5.41, 5.74) is 7.37. The Balaban J connectivity index is 0.000000233. The molecule has 9 aromatic rings. The predicted octanol–water partition coefficient (Wildman–Crippen LogP) is 18.8. The molecule has 0 aromatic heterocycles. The van der Waals surface area contributed by atoms with Crippen LogP contribution >= 0.6 is 11.6 Å². The Bertz CT molecular complexity index is 5320. The van der Waals surface area contributed by atoms with Crippen LogP contribution in [0, 0.1) is 71.4 Å². The first-order valence-electron chi connectivity index (χ1n) is 40.4. The number of phenolic OH excluding ortho intramolecular Hbond substituents is 1. The fourth-order valence-electron chi connectivity index (χ4n) is 13.3. The molecule has 0 saturated heterocycles. The number of nitro groups is 2. The number of carbonyl (C=O) groups is 6. The van der Waals surface area contributed by atoms with Gasteiger partial charge in [-0.15, -0.1) is 0 Å². The molecule has 0 spiro atoms. The molecule has 0 saturated carbocycles. The Kier molecular flexibility index (Phi) is 37.2. The number of nitro benzene ring substituents is 2. The molecule has 0 bridgehead atoms. The first-order chi connectivity index (χ1) is 60.0. The number of nitrogens with one attached hydrogen (secondary N) is 2. The van der Waals surface area contributed by atoms with Crippen molar-refractivity contribution in [1.29, 1.82) is 0 Å². The molecule has 25 nitrogen and oxygen atoms in total. The van der Waals surface area contributed by atoms with E-state index in [4.69, 9.17) is 37.0 Å². The van der Waals surface area contributed by atoms with Crippen LogP contribution < -0.4 is 30.6 Å².